The summed E-state index contributed by atoms with van der Waals surface area (Å²) in [5.41, 5.74) is 1.66. The van der Waals surface area contributed by atoms with Gasteiger partial charge in [0, 0.05) is 43.1 Å². The topological polar surface area (TPSA) is 62.7 Å². The summed E-state index contributed by atoms with van der Waals surface area (Å²) in [4.78, 5) is 32.8. The Labute approximate surface area is 170 Å². The van der Waals surface area contributed by atoms with Gasteiger partial charge >= 0.3 is 0 Å². The molecule has 1 aromatic carbocycles. The standard InChI is InChI=1S/C21H24ClN3O3/c1-15-13-18(6-7-19(15)22)28-16(2)21(27)25-11-9-24(10-12-25)20(26)14-17-5-3-4-8-23-17/h3-8,13,16H,9-12,14H2,1-2H3. The minimum atomic E-state index is -0.601. The maximum Gasteiger partial charge on any atom is 0.263 e. The molecule has 148 valence electrons. The maximum absolute atomic E-state index is 12.7. The van der Waals surface area contributed by atoms with Crippen LogP contribution in [0.4, 0.5) is 0 Å². The molecule has 0 aliphatic carbocycles. The normalized spacial score (nSPS) is 15.2. The summed E-state index contributed by atoms with van der Waals surface area (Å²) >= 11 is 6.02. The van der Waals surface area contributed by atoms with Gasteiger partial charge in [0.05, 0.1) is 6.42 Å². The van der Waals surface area contributed by atoms with Crippen molar-refractivity contribution in [2.75, 3.05) is 26.2 Å². The number of piperazine rings is 1. The molecule has 0 bridgehead atoms. The van der Waals surface area contributed by atoms with Gasteiger partial charge in [0.25, 0.3) is 5.91 Å². The largest absolute Gasteiger partial charge is 0.481 e. The van der Waals surface area contributed by atoms with Crippen molar-refractivity contribution in [2.24, 2.45) is 0 Å². The van der Waals surface area contributed by atoms with Gasteiger partial charge in [-0.2, -0.15) is 0 Å². The van der Waals surface area contributed by atoms with Gasteiger partial charge in [0.2, 0.25) is 5.91 Å². The smallest absolute Gasteiger partial charge is 0.263 e. The van der Waals surface area contributed by atoms with Crippen LogP contribution in [0.3, 0.4) is 0 Å². The number of aryl methyl sites for hydroxylation is 1. The molecule has 3 rings (SSSR count). The Morgan fingerprint density at radius 1 is 1.14 bits per heavy atom. The molecule has 1 aliphatic rings. The molecule has 28 heavy (non-hydrogen) atoms. The Morgan fingerprint density at radius 3 is 2.50 bits per heavy atom. The van der Waals surface area contributed by atoms with Crippen LogP contribution in [0, 0.1) is 6.92 Å². The highest BCUT2D eigenvalue weighted by Gasteiger charge is 2.28. The van der Waals surface area contributed by atoms with Crippen molar-refractivity contribution < 1.29 is 14.3 Å². The van der Waals surface area contributed by atoms with Crippen LogP contribution in [0.5, 0.6) is 5.75 Å². The number of carbonyl (C=O) groups excluding carboxylic acids is 2. The molecular weight excluding hydrogens is 378 g/mol. The van der Waals surface area contributed by atoms with E-state index in [0.29, 0.717) is 37.0 Å². The quantitative estimate of drug-likeness (QED) is 0.772. The first kappa shape index (κ1) is 20.1. The first-order chi connectivity index (χ1) is 13.4. The molecule has 1 aliphatic heterocycles. The zero-order chi connectivity index (χ0) is 20.1. The van der Waals surface area contributed by atoms with E-state index in [1.54, 1.807) is 35.1 Å². The molecule has 2 heterocycles. The SMILES string of the molecule is Cc1cc(OC(C)C(=O)N2CCN(C(=O)Cc3ccccn3)CC2)ccc1Cl. The number of ether oxygens (including phenoxy) is 1. The van der Waals surface area contributed by atoms with Crippen molar-refractivity contribution in [2.45, 2.75) is 26.4 Å². The number of pyridine rings is 1. The number of rotatable bonds is 5. The molecule has 0 N–H and O–H groups in total. The molecule has 2 aromatic rings. The van der Waals surface area contributed by atoms with Crippen molar-refractivity contribution in [3.05, 3.63) is 58.9 Å². The summed E-state index contributed by atoms with van der Waals surface area (Å²) in [7, 11) is 0. The Hall–Kier alpha value is -2.60. The predicted molar refractivity (Wildman–Crippen MR) is 107 cm³/mol. The molecule has 0 spiro atoms. The average molecular weight is 402 g/mol. The second-order valence-electron chi connectivity index (χ2n) is 6.87. The number of halogens is 1. The summed E-state index contributed by atoms with van der Waals surface area (Å²) < 4.78 is 5.78. The van der Waals surface area contributed by atoms with Crippen LogP contribution in [0.25, 0.3) is 0 Å². The van der Waals surface area contributed by atoms with E-state index < -0.39 is 6.10 Å². The summed E-state index contributed by atoms with van der Waals surface area (Å²) in [6, 6.07) is 10.9. The summed E-state index contributed by atoms with van der Waals surface area (Å²) in [6.07, 6.45) is 1.36. The molecule has 0 radical (unpaired) electrons. The van der Waals surface area contributed by atoms with Crippen LogP contribution in [0.15, 0.2) is 42.6 Å². The number of hydrogen-bond acceptors (Lipinski definition) is 4. The molecule has 1 saturated heterocycles. The lowest BCUT2D eigenvalue weighted by Crippen LogP contribution is -2.53. The Morgan fingerprint density at radius 2 is 1.86 bits per heavy atom. The van der Waals surface area contributed by atoms with Crippen molar-refractivity contribution in [1.29, 1.82) is 0 Å². The molecule has 1 aromatic heterocycles. The van der Waals surface area contributed by atoms with Crippen molar-refractivity contribution in [1.82, 2.24) is 14.8 Å². The van der Waals surface area contributed by atoms with E-state index in [1.807, 2.05) is 31.2 Å². The number of benzene rings is 1. The number of hydrogen-bond donors (Lipinski definition) is 0. The van der Waals surface area contributed by atoms with Gasteiger partial charge in [0.1, 0.15) is 5.75 Å². The molecule has 1 fully saturated rings. The predicted octanol–water partition coefficient (Wildman–Crippen LogP) is 2.72. The highest BCUT2D eigenvalue weighted by Crippen LogP contribution is 2.22. The lowest BCUT2D eigenvalue weighted by molar-refractivity contribution is -0.143. The van der Waals surface area contributed by atoms with Crippen LogP contribution in [0.1, 0.15) is 18.2 Å². The minimum absolute atomic E-state index is 0.0340. The summed E-state index contributed by atoms with van der Waals surface area (Å²) in [5.74, 6) is 0.572. The van der Waals surface area contributed by atoms with Gasteiger partial charge in [-0.05, 0) is 49.7 Å². The number of amides is 2. The molecule has 1 atom stereocenters. The third kappa shape index (κ3) is 5.01. The van der Waals surface area contributed by atoms with Gasteiger partial charge in [-0.25, -0.2) is 0 Å². The molecule has 7 heteroatoms. The summed E-state index contributed by atoms with van der Waals surface area (Å²) in [6.45, 7) is 5.67. The second kappa shape index (κ2) is 9.06. The van der Waals surface area contributed by atoms with Crippen LogP contribution < -0.4 is 4.74 Å². The van der Waals surface area contributed by atoms with E-state index in [1.165, 1.54) is 0 Å². The lowest BCUT2D eigenvalue weighted by atomic mass is 10.2. The average Bonchev–Trinajstić information content (AvgIpc) is 2.71. The van der Waals surface area contributed by atoms with Gasteiger partial charge in [0.15, 0.2) is 6.10 Å². The van der Waals surface area contributed by atoms with E-state index in [-0.39, 0.29) is 18.2 Å². The highest BCUT2D eigenvalue weighted by atomic mass is 35.5. The van der Waals surface area contributed by atoms with Crippen molar-refractivity contribution in [3.8, 4) is 5.75 Å². The number of carbonyl (C=O) groups is 2. The molecule has 1 unspecified atom stereocenters. The monoisotopic (exact) mass is 401 g/mol. The van der Waals surface area contributed by atoms with Gasteiger partial charge in [-0.1, -0.05) is 17.7 Å². The fraction of sp³-hybridized carbons (Fsp3) is 0.381. The van der Waals surface area contributed by atoms with Crippen LogP contribution in [0.2, 0.25) is 5.02 Å². The third-order valence-corrected chi connectivity index (χ3v) is 5.22. The van der Waals surface area contributed by atoms with Gasteiger partial charge in [-0.15, -0.1) is 0 Å². The lowest BCUT2D eigenvalue weighted by Gasteiger charge is -2.36. The van der Waals surface area contributed by atoms with E-state index in [9.17, 15) is 9.59 Å². The van der Waals surface area contributed by atoms with E-state index in [0.717, 1.165) is 11.3 Å². The molecule has 2 amide bonds. The van der Waals surface area contributed by atoms with Gasteiger partial charge in [-0.3, -0.25) is 14.6 Å². The maximum atomic E-state index is 12.7. The summed E-state index contributed by atoms with van der Waals surface area (Å²) in [5, 5.41) is 0.665. The number of aromatic nitrogens is 1. The Bertz CT molecular complexity index is 836. The van der Waals surface area contributed by atoms with Crippen LogP contribution >= 0.6 is 11.6 Å². The first-order valence-corrected chi connectivity index (χ1v) is 9.71. The van der Waals surface area contributed by atoms with Gasteiger partial charge < -0.3 is 14.5 Å². The Balaban J connectivity index is 1.50. The molecule has 0 saturated carbocycles. The highest BCUT2D eigenvalue weighted by molar-refractivity contribution is 6.31. The number of nitrogens with zero attached hydrogens (tertiary/aromatic N) is 3. The van der Waals surface area contributed by atoms with E-state index >= 15 is 0 Å². The second-order valence-corrected chi connectivity index (χ2v) is 7.28. The van der Waals surface area contributed by atoms with E-state index in [2.05, 4.69) is 4.98 Å². The zero-order valence-electron chi connectivity index (χ0n) is 16.1. The third-order valence-electron chi connectivity index (χ3n) is 4.79. The first-order valence-electron chi connectivity index (χ1n) is 9.33. The van der Waals surface area contributed by atoms with Crippen molar-refractivity contribution in [3.63, 3.8) is 0 Å². The fourth-order valence-electron chi connectivity index (χ4n) is 3.15. The van der Waals surface area contributed by atoms with E-state index in [4.69, 9.17) is 16.3 Å². The van der Waals surface area contributed by atoms with Crippen molar-refractivity contribution >= 4 is 23.4 Å². The Kier molecular flexibility index (Phi) is 6.52. The fourth-order valence-corrected chi connectivity index (χ4v) is 3.27. The van der Waals surface area contributed by atoms with Crippen LogP contribution in [-0.2, 0) is 16.0 Å². The molecular formula is C21H24ClN3O3. The zero-order valence-corrected chi connectivity index (χ0v) is 16.9. The minimum Gasteiger partial charge on any atom is -0.481 e. The van der Waals surface area contributed by atoms with Crippen LogP contribution in [-0.4, -0.2) is 58.9 Å². The molecule has 6 nitrogen and oxygen atoms in total.